The summed E-state index contributed by atoms with van der Waals surface area (Å²) in [6, 6.07) is 5.94. The Kier molecular flexibility index (Phi) is 4.01. The van der Waals surface area contributed by atoms with E-state index >= 15 is 0 Å². The summed E-state index contributed by atoms with van der Waals surface area (Å²) in [5, 5.41) is 0.980. The van der Waals surface area contributed by atoms with Crippen molar-refractivity contribution < 1.29 is 9.15 Å². The van der Waals surface area contributed by atoms with Crippen molar-refractivity contribution in [3.63, 3.8) is 0 Å². The van der Waals surface area contributed by atoms with E-state index in [1.807, 2.05) is 24.3 Å². The van der Waals surface area contributed by atoms with Crippen molar-refractivity contribution in [2.24, 2.45) is 0 Å². The topological polar surface area (TPSA) is 42.7 Å². The van der Waals surface area contributed by atoms with Gasteiger partial charge in [-0.3, -0.25) is 9.69 Å². The lowest BCUT2D eigenvalue weighted by Gasteiger charge is -2.26. The number of ether oxygens (including phenoxy) is 1. The molecule has 1 aromatic carbocycles. The molecule has 1 atom stereocenters. The van der Waals surface area contributed by atoms with Crippen LogP contribution in [0.1, 0.15) is 18.2 Å². The number of rotatable bonds is 2. The van der Waals surface area contributed by atoms with E-state index in [2.05, 4.69) is 17.9 Å². The van der Waals surface area contributed by atoms with Gasteiger partial charge in [0, 0.05) is 24.9 Å². The number of hydrogen-bond donors (Lipinski definition) is 0. The molecule has 120 valence electrons. The largest absolute Gasteiger partial charge is 0.455 e. The van der Waals surface area contributed by atoms with Gasteiger partial charge in [0.25, 0.3) is 0 Å². The fraction of sp³-hybridized carbons (Fsp3) is 0.389. The lowest BCUT2D eigenvalue weighted by Crippen LogP contribution is -2.35. The second kappa shape index (κ2) is 6.15. The van der Waals surface area contributed by atoms with E-state index in [0.717, 1.165) is 37.7 Å². The zero-order valence-corrected chi connectivity index (χ0v) is 13.9. The van der Waals surface area contributed by atoms with Crippen LogP contribution in [0.3, 0.4) is 0 Å². The zero-order valence-electron chi connectivity index (χ0n) is 13.1. The Hall–Kier alpha value is -1.56. The molecule has 23 heavy (non-hydrogen) atoms. The van der Waals surface area contributed by atoms with Crippen molar-refractivity contribution in [3.05, 3.63) is 45.8 Å². The average molecular weight is 329 g/mol. The first-order valence-corrected chi connectivity index (χ1v) is 8.83. The molecule has 0 amide bonds. The van der Waals surface area contributed by atoms with E-state index in [4.69, 9.17) is 9.15 Å². The Bertz CT molecular complexity index is 821. The van der Waals surface area contributed by atoms with Crippen LogP contribution >= 0.6 is 11.8 Å². The predicted molar refractivity (Wildman–Crippen MR) is 92.9 cm³/mol. The number of fused-ring (bicyclic) bond motifs is 2. The monoisotopic (exact) mass is 329 g/mol. The number of hydrogen-bond acceptors (Lipinski definition) is 5. The first-order valence-electron chi connectivity index (χ1n) is 7.95. The summed E-state index contributed by atoms with van der Waals surface area (Å²) in [4.78, 5) is 15.8. The third-order valence-electron chi connectivity index (χ3n) is 4.27. The van der Waals surface area contributed by atoms with Crippen LogP contribution in [0.15, 0.2) is 38.4 Å². The zero-order chi connectivity index (χ0) is 15.8. The Balaban J connectivity index is 1.71. The van der Waals surface area contributed by atoms with Crippen molar-refractivity contribution >= 4 is 28.8 Å². The molecular formula is C18H19NO3S. The second-order valence-corrected chi connectivity index (χ2v) is 7.41. The minimum absolute atomic E-state index is 0.0837. The number of benzene rings is 1. The SMILES string of the molecule is CC1C=Cc2oc3cc(CN4CCOCC4)ccc3c(=O)c2S1. The van der Waals surface area contributed by atoms with Crippen LogP contribution < -0.4 is 5.43 Å². The number of nitrogens with zero attached hydrogens (tertiary/aromatic N) is 1. The quantitative estimate of drug-likeness (QED) is 0.847. The highest BCUT2D eigenvalue weighted by molar-refractivity contribution is 8.00. The summed E-state index contributed by atoms with van der Waals surface area (Å²) in [6.07, 6.45) is 3.99. The third kappa shape index (κ3) is 2.96. The van der Waals surface area contributed by atoms with Crippen LogP contribution in [-0.4, -0.2) is 36.5 Å². The minimum atomic E-state index is 0.0837. The molecule has 0 bridgehead atoms. The molecule has 0 saturated carbocycles. The van der Waals surface area contributed by atoms with E-state index in [1.165, 1.54) is 5.56 Å². The first kappa shape index (κ1) is 15.0. The van der Waals surface area contributed by atoms with Gasteiger partial charge in [0.2, 0.25) is 5.43 Å². The van der Waals surface area contributed by atoms with Crippen molar-refractivity contribution in [2.75, 3.05) is 26.3 Å². The van der Waals surface area contributed by atoms with E-state index < -0.39 is 0 Å². The van der Waals surface area contributed by atoms with Crippen LogP contribution in [-0.2, 0) is 11.3 Å². The molecule has 0 N–H and O–H groups in total. The predicted octanol–water partition coefficient (Wildman–Crippen LogP) is 3.13. The standard InChI is InChI=1S/C18H19NO3S/c1-12-2-5-15-18(23-12)17(20)14-4-3-13(10-16(14)22-15)11-19-6-8-21-9-7-19/h2-5,10,12H,6-9,11H2,1H3. The summed E-state index contributed by atoms with van der Waals surface area (Å²) in [7, 11) is 0. The van der Waals surface area contributed by atoms with Crippen LogP contribution in [0.25, 0.3) is 17.0 Å². The molecule has 1 aromatic heterocycles. The molecule has 5 heteroatoms. The van der Waals surface area contributed by atoms with Gasteiger partial charge in [0.05, 0.1) is 23.5 Å². The van der Waals surface area contributed by atoms with E-state index in [0.29, 0.717) is 22.0 Å². The van der Waals surface area contributed by atoms with Gasteiger partial charge in [-0.2, -0.15) is 0 Å². The van der Waals surface area contributed by atoms with Gasteiger partial charge < -0.3 is 9.15 Å². The molecule has 3 heterocycles. The highest BCUT2D eigenvalue weighted by atomic mass is 32.2. The molecule has 2 aliphatic rings. The molecular weight excluding hydrogens is 310 g/mol. The van der Waals surface area contributed by atoms with Crippen LogP contribution in [0.2, 0.25) is 0 Å². The average Bonchev–Trinajstić information content (AvgIpc) is 2.57. The number of thioether (sulfide) groups is 1. The van der Waals surface area contributed by atoms with Gasteiger partial charge in [0.1, 0.15) is 11.3 Å². The van der Waals surface area contributed by atoms with Crippen molar-refractivity contribution in [1.82, 2.24) is 4.90 Å². The lowest BCUT2D eigenvalue weighted by atomic mass is 10.1. The molecule has 1 unspecified atom stereocenters. The molecule has 2 aliphatic heterocycles. The molecule has 0 spiro atoms. The summed E-state index contributed by atoms with van der Waals surface area (Å²) < 4.78 is 11.4. The first-order chi connectivity index (χ1) is 11.2. The van der Waals surface area contributed by atoms with Gasteiger partial charge in [-0.1, -0.05) is 12.1 Å². The Morgan fingerprint density at radius 1 is 1.30 bits per heavy atom. The van der Waals surface area contributed by atoms with Gasteiger partial charge in [-0.25, -0.2) is 0 Å². The molecule has 2 aromatic rings. The van der Waals surface area contributed by atoms with E-state index in [-0.39, 0.29) is 5.43 Å². The maximum atomic E-state index is 12.7. The maximum absolute atomic E-state index is 12.7. The van der Waals surface area contributed by atoms with Crippen molar-refractivity contribution in [3.8, 4) is 0 Å². The minimum Gasteiger partial charge on any atom is -0.455 e. The van der Waals surface area contributed by atoms with E-state index in [1.54, 1.807) is 11.8 Å². The van der Waals surface area contributed by atoms with Crippen LogP contribution in [0.4, 0.5) is 0 Å². The fourth-order valence-corrected chi connectivity index (χ4v) is 3.99. The van der Waals surface area contributed by atoms with Crippen LogP contribution in [0, 0.1) is 0 Å². The third-order valence-corrected chi connectivity index (χ3v) is 5.42. The molecule has 0 aliphatic carbocycles. The Morgan fingerprint density at radius 2 is 2.13 bits per heavy atom. The lowest BCUT2D eigenvalue weighted by molar-refractivity contribution is 0.0342. The molecule has 4 nitrogen and oxygen atoms in total. The smallest absolute Gasteiger partial charge is 0.206 e. The van der Waals surface area contributed by atoms with Gasteiger partial charge in [-0.15, -0.1) is 11.8 Å². The summed E-state index contributed by atoms with van der Waals surface area (Å²) in [5.74, 6) is 0.689. The number of morpholine rings is 1. The van der Waals surface area contributed by atoms with Gasteiger partial charge in [-0.05, 0) is 30.7 Å². The Morgan fingerprint density at radius 3 is 2.96 bits per heavy atom. The van der Waals surface area contributed by atoms with Gasteiger partial charge >= 0.3 is 0 Å². The Labute approximate surface area is 139 Å². The maximum Gasteiger partial charge on any atom is 0.206 e. The normalized spacial score (nSPS) is 21.5. The molecule has 4 rings (SSSR count). The summed E-state index contributed by atoms with van der Waals surface area (Å²) in [6.45, 7) is 6.42. The highest BCUT2D eigenvalue weighted by Crippen LogP contribution is 2.32. The highest BCUT2D eigenvalue weighted by Gasteiger charge is 2.19. The summed E-state index contributed by atoms with van der Waals surface area (Å²) >= 11 is 1.57. The van der Waals surface area contributed by atoms with E-state index in [9.17, 15) is 4.79 Å². The molecule has 1 fully saturated rings. The molecule has 1 saturated heterocycles. The van der Waals surface area contributed by atoms with Crippen molar-refractivity contribution in [2.45, 2.75) is 23.6 Å². The van der Waals surface area contributed by atoms with Crippen molar-refractivity contribution in [1.29, 1.82) is 0 Å². The van der Waals surface area contributed by atoms with Gasteiger partial charge in [0.15, 0.2) is 0 Å². The summed E-state index contributed by atoms with van der Waals surface area (Å²) in [5.41, 5.74) is 1.93. The second-order valence-electron chi connectivity index (χ2n) is 6.03. The fourth-order valence-electron chi connectivity index (χ4n) is 3.02. The molecule has 0 radical (unpaired) electrons. The van der Waals surface area contributed by atoms with Crippen LogP contribution in [0.5, 0.6) is 0 Å².